The lowest BCUT2D eigenvalue weighted by molar-refractivity contribution is 0.673. The molecule has 13 rings (SSSR count). The largest absolute Gasteiger partial charge is 0.455 e. The van der Waals surface area contributed by atoms with E-state index >= 15 is 0 Å². The number of anilines is 3. The molecule has 0 fully saturated rings. The Hall–Kier alpha value is -7.98. The molecule has 13 aromatic rings. The topological polar surface area (TPSA) is 16.4 Å². The van der Waals surface area contributed by atoms with Gasteiger partial charge in [-0.05, 0) is 127 Å². The second kappa shape index (κ2) is 14.3. The maximum Gasteiger partial charge on any atom is 0.143 e. The van der Waals surface area contributed by atoms with Crippen LogP contribution in [-0.2, 0) is 0 Å². The van der Waals surface area contributed by atoms with Gasteiger partial charge in [0, 0.05) is 53.4 Å². The maximum atomic E-state index is 6.56. The van der Waals surface area contributed by atoms with Crippen molar-refractivity contribution in [2.75, 3.05) is 4.90 Å². The minimum absolute atomic E-state index is 0.899. The Morgan fingerprint density at radius 3 is 1.62 bits per heavy atom. The van der Waals surface area contributed by atoms with Crippen LogP contribution >= 0.6 is 11.3 Å². The summed E-state index contributed by atoms with van der Waals surface area (Å²) in [5, 5.41) is 12.3. The number of rotatable bonds is 6. The van der Waals surface area contributed by atoms with E-state index in [4.69, 9.17) is 4.42 Å². The molecule has 3 heteroatoms. The van der Waals surface area contributed by atoms with E-state index in [9.17, 15) is 0 Å². The molecule has 0 atom stereocenters. The molecule has 0 aliphatic carbocycles. The summed E-state index contributed by atoms with van der Waals surface area (Å²) in [4.78, 5) is 2.37. The average molecular weight is 820 g/mol. The van der Waals surface area contributed by atoms with Crippen molar-refractivity contribution in [1.29, 1.82) is 0 Å². The van der Waals surface area contributed by atoms with Gasteiger partial charge in [0.05, 0.1) is 0 Å². The fourth-order valence-corrected chi connectivity index (χ4v) is 11.0. The molecule has 0 spiro atoms. The summed E-state index contributed by atoms with van der Waals surface area (Å²) in [5.41, 5.74) is 12.2. The molecule has 0 aliphatic heterocycles. The fraction of sp³-hybridized carbons (Fsp3) is 0. The highest BCUT2D eigenvalue weighted by atomic mass is 32.1. The summed E-state index contributed by atoms with van der Waals surface area (Å²) in [6, 6.07) is 81.7. The molecule has 0 N–H and O–H groups in total. The molecule has 0 radical (unpaired) electrons. The molecule has 2 heterocycles. The van der Waals surface area contributed by atoms with Gasteiger partial charge in [0.15, 0.2) is 0 Å². The maximum absolute atomic E-state index is 6.56. The highest BCUT2D eigenvalue weighted by Crippen LogP contribution is 2.43. The van der Waals surface area contributed by atoms with Crippen LogP contribution in [0.2, 0.25) is 0 Å². The Kier molecular flexibility index (Phi) is 8.12. The Bertz CT molecular complexity index is 3900. The van der Waals surface area contributed by atoms with Crippen LogP contribution in [0.4, 0.5) is 17.1 Å². The first-order valence-corrected chi connectivity index (χ1v) is 22.3. The van der Waals surface area contributed by atoms with E-state index in [1.807, 2.05) is 11.3 Å². The van der Waals surface area contributed by atoms with Crippen molar-refractivity contribution in [3.63, 3.8) is 0 Å². The van der Waals surface area contributed by atoms with Gasteiger partial charge in [-0.3, -0.25) is 0 Å². The van der Waals surface area contributed by atoms with Gasteiger partial charge in [-0.25, -0.2) is 0 Å². The van der Waals surface area contributed by atoms with Crippen LogP contribution in [0.25, 0.3) is 108 Å². The van der Waals surface area contributed by atoms with E-state index in [0.717, 1.165) is 55.5 Å². The molecule has 0 saturated carbocycles. The monoisotopic (exact) mass is 819 g/mol. The minimum Gasteiger partial charge on any atom is -0.455 e. The summed E-state index contributed by atoms with van der Waals surface area (Å²) in [7, 11) is 0. The highest BCUT2D eigenvalue weighted by molar-refractivity contribution is 7.25. The Balaban J connectivity index is 0.913. The number of furan rings is 1. The van der Waals surface area contributed by atoms with Gasteiger partial charge >= 0.3 is 0 Å². The summed E-state index contributed by atoms with van der Waals surface area (Å²) < 4.78 is 9.20. The molecule has 0 aliphatic rings. The molecule has 0 amide bonds. The summed E-state index contributed by atoms with van der Waals surface area (Å²) in [6.07, 6.45) is 0. The number of benzene rings is 11. The van der Waals surface area contributed by atoms with Crippen molar-refractivity contribution in [2.45, 2.75) is 0 Å². The van der Waals surface area contributed by atoms with E-state index < -0.39 is 0 Å². The first-order valence-electron chi connectivity index (χ1n) is 21.5. The number of nitrogens with zero attached hydrogens (tertiary/aromatic N) is 1. The van der Waals surface area contributed by atoms with E-state index in [2.05, 4.69) is 229 Å². The molecule has 63 heavy (non-hydrogen) atoms. The van der Waals surface area contributed by atoms with E-state index in [1.165, 1.54) is 69.4 Å². The highest BCUT2D eigenvalue weighted by Gasteiger charge is 2.18. The van der Waals surface area contributed by atoms with Gasteiger partial charge in [0.2, 0.25) is 0 Å². The van der Waals surface area contributed by atoms with Gasteiger partial charge in [-0.15, -0.1) is 11.3 Å². The quantitative estimate of drug-likeness (QED) is 0.155. The van der Waals surface area contributed by atoms with Gasteiger partial charge in [-0.1, -0.05) is 158 Å². The zero-order chi connectivity index (χ0) is 41.4. The average Bonchev–Trinajstić information content (AvgIpc) is 3.93. The van der Waals surface area contributed by atoms with Crippen LogP contribution in [0, 0.1) is 0 Å². The third-order valence-electron chi connectivity index (χ3n) is 12.9. The van der Waals surface area contributed by atoms with Gasteiger partial charge in [0.25, 0.3) is 0 Å². The SMILES string of the molecule is c1ccc2c(c1)cc(-c1ccc(N(c3ccc(-c4ccc5c(c4)sc4ccccc45)cc3)c3ccc(-c4cccc5oc6c7ccccc7ccc6c45)cc3)cc1)c1ccccc12. The lowest BCUT2D eigenvalue weighted by atomic mass is 9.93. The summed E-state index contributed by atoms with van der Waals surface area (Å²) in [5.74, 6) is 0. The van der Waals surface area contributed by atoms with E-state index in [-0.39, 0.29) is 0 Å². The zero-order valence-corrected chi connectivity index (χ0v) is 34.9. The van der Waals surface area contributed by atoms with E-state index in [0.29, 0.717) is 0 Å². The lowest BCUT2D eigenvalue weighted by Gasteiger charge is -2.26. The lowest BCUT2D eigenvalue weighted by Crippen LogP contribution is -2.09. The first-order chi connectivity index (χ1) is 31.2. The van der Waals surface area contributed by atoms with Gasteiger partial charge < -0.3 is 9.32 Å². The Morgan fingerprint density at radius 1 is 0.317 bits per heavy atom. The third-order valence-corrected chi connectivity index (χ3v) is 14.0. The minimum atomic E-state index is 0.899. The van der Waals surface area contributed by atoms with E-state index in [1.54, 1.807) is 0 Å². The van der Waals surface area contributed by atoms with Crippen molar-refractivity contribution in [1.82, 2.24) is 0 Å². The molecular formula is C60H37NOS. The molecule has 0 unspecified atom stereocenters. The number of fused-ring (bicyclic) bond motifs is 11. The predicted molar refractivity (Wildman–Crippen MR) is 270 cm³/mol. The van der Waals surface area contributed by atoms with Crippen LogP contribution < -0.4 is 4.90 Å². The predicted octanol–water partition coefficient (Wildman–Crippen LogP) is 17.9. The molecule has 2 nitrogen and oxygen atoms in total. The Labute approximate surface area is 368 Å². The molecule has 0 bridgehead atoms. The van der Waals surface area contributed by atoms with Gasteiger partial charge in [0.1, 0.15) is 11.2 Å². The molecule has 11 aromatic carbocycles. The standard InChI is InChI=1S/C60H37NOS/c1-4-13-49-39(10-1)26-35-54-59-48(17-9-18-56(59)62-60(49)54)40-22-30-45(31-23-40)61(44-28-20-38(21-29-44)42-27-34-53-52-16-7-8-19-57(52)63-58(53)37-42)46-32-24-41(25-33-46)55-36-43-11-2-3-12-47(43)50-14-5-6-15-51(50)55/h1-37H. The molecule has 2 aromatic heterocycles. The normalized spacial score (nSPS) is 11.8. The number of hydrogen-bond acceptors (Lipinski definition) is 3. The van der Waals surface area contributed by atoms with Crippen molar-refractivity contribution in [3.05, 3.63) is 224 Å². The van der Waals surface area contributed by atoms with Crippen LogP contribution in [-0.4, -0.2) is 0 Å². The van der Waals surface area contributed by atoms with Crippen molar-refractivity contribution in [2.24, 2.45) is 0 Å². The summed E-state index contributed by atoms with van der Waals surface area (Å²) in [6.45, 7) is 0. The molecule has 0 saturated heterocycles. The Morgan fingerprint density at radius 2 is 0.873 bits per heavy atom. The summed E-state index contributed by atoms with van der Waals surface area (Å²) >= 11 is 1.86. The van der Waals surface area contributed by atoms with Crippen LogP contribution in [0.1, 0.15) is 0 Å². The second-order valence-corrected chi connectivity index (χ2v) is 17.5. The zero-order valence-electron chi connectivity index (χ0n) is 34.1. The van der Waals surface area contributed by atoms with Crippen LogP contribution in [0.3, 0.4) is 0 Å². The number of thiophene rings is 1. The van der Waals surface area contributed by atoms with Crippen molar-refractivity contribution < 1.29 is 4.42 Å². The molecular weight excluding hydrogens is 783 g/mol. The fourth-order valence-electron chi connectivity index (χ4n) is 9.82. The molecule has 294 valence electrons. The third kappa shape index (κ3) is 5.85. The second-order valence-electron chi connectivity index (χ2n) is 16.4. The number of hydrogen-bond donors (Lipinski definition) is 0. The van der Waals surface area contributed by atoms with Crippen molar-refractivity contribution in [3.8, 4) is 33.4 Å². The van der Waals surface area contributed by atoms with Gasteiger partial charge in [-0.2, -0.15) is 0 Å². The van der Waals surface area contributed by atoms with Crippen LogP contribution in [0.15, 0.2) is 229 Å². The van der Waals surface area contributed by atoms with Crippen LogP contribution in [0.5, 0.6) is 0 Å². The smallest absolute Gasteiger partial charge is 0.143 e. The van der Waals surface area contributed by atoms with Crippen molar-refractivity contribution >= 4 is 103 Å². The first kappa shape index (κ1) is 35.7.